The number of anilines is 1. The van der Waals surface area contributed by atoms with E-state index in [1.807, 2.05) is 54.6 Å². The number of aromatic nitrogens is 3. The molecule has 0 saturated heterocycles. The molecule has 3 aromatic carbocycles. The Kier molecular flexibility index (Phi) is 6.66. The molecule has 0 aliphatic carbocycles. The predicted molar refractivity (Wildman–Crippen MR) is 122 cm³/mol. The van der Waals surface area contributed by atoms with Crippen LogP contribution in [0.15, 0.2) is 84.0 Å². The highest BCUT2D eigenvalue weighted by atomic mass is 32.2. The molecule has 9 heteroatoms. The summed E-state index contributed by atoms with van der Waals surface area (Å²) in [6, 6.07) is 23.1. The van der Waals surface area contributed by atoms with Gasteiger partial charge in [0.05, 0.1) is 5.75 Å². The number of carbonyl (C=O) groups is 1. The van der Waals surface area contributed by atoms with Crippen molar-refractivity contribution in [1.29, 1.82) is 0 Å². The largest absolute Gasteiger partial charge is 0.486 e. The van der Waals surface area contributed by atoms with E-state index in [1.54, 1.807) is 0 Å². The number of nitrogen functional groups attached to an aromatic ring is 1. The van der Waals surface area contributed by atoms with Crippen molar-refractivity contribution in [2.24, 2.45) is 0 Å². The van der Waals surface area contributed by atoms with Crippen LogP contribution in [0.3, 0.4) is 0 Å². The van der Waals surface area contributed by atoms with Gasteiger partial charge in [-0.2, -0.15) is 0 Å². The zero-order chi connectivity index (χ0) is 22.3. The second-order valence-electron chi connectivity index (χ2n) is 6.76. The molecule has 0 spiro atoms. The summed E-state index contributed by atoms with van der Waals surface area (Å²) in [6.45, 7) is 0.0618. The Morgan fingerprint density at radius 3 is 2.50 bits per heavy atom. The van der Waals surface area contributed by atoms with Gasteiger partial charge in [0.2, 0.25) is 11.1 Å². The molecule has 0 atom stereocenters. The van der Waals surface area contributed by atoms with Crippen molar-refractivity contribution in [2.45, 2.75) is 11.8 Å². The number of rotatable bonds is 8. The molecule has 162 valence electrons. The molecule has 1 aromatic heterocycles. The minimum absolute atomic E-state index is 0.0618. The zero-order valence-electron chi connectivity index (χ0n) is 16.9. The zero-order valence-corrected chi connectivity index (χ0v) is 17.8. The number of carbonyl (C=O) groups excluding carboxylic acids is 1. The number of amides is 1. The predicted octanol–water partition coefficient (Wildman–Crippen LogP) is 4.11. The van der Waals surface area contributed by atoms with Gasteiger partial charge >= 0.3 is 0 Å². The first-order chi connectivity index (χ1) is 15.6. The highest BCUT2D eigenvalue weighted by Crippen LogP contribution is 2.28. The standard InChI is InChI=1S/C23H20FN5O2S/c24-17-10-12-18(13-11-17)31-14-21-27-28-23(29(21)25)32-15-22(30)26-20-9-5-4-8-19(20)16-6-2-1-3-7-16/h1-13H,14-15,25H2,(H,26,30). The first kappa shape index (κ1) is 21.4. The Hall–Kier alpha value is -3.85. The summed E-state index contributed by atoms with van der Waals surface area (Å²) in [5.41, 5.74) is 2.68. The summed E-state index contributed by atoms with van der Waals surface area (Å²) < 4.78 is 19.8. The van der Waals surface area contributed by atoms with Crippen molar-refractivity contribution >= 4 is 23.4 Å². The minimum atomic E-state index is -0.345. The van der Waals surface area contributed by atoms with Crippen LogP contribution in [0.1, 0.15) is 5.82 Å². The number of thioether (sulfide) groups is 1. The molecule has 3 N–H and O–H groups in total. The second kappa shape index (κ2) is 9.97. The highest BCUT2D eigenvalue weighted by Gasteiger charge is 2.14. The molecule has 1 heterocycles. The van der Waals surface area contributed by atoms with Gasteiger partial charge < -0.3 is 15.9 Å². The van der Waals surface area contributed by atoms with Crippen molar-refractivity contribution in [3.63, 3.8) is 0 Å². The number of nitrogens with one attached hydrogen (secondary N) is 1. The van der Waals surface area contributed by atoms with Crippen LogP contribution in [0.4, 0.5) is 10.1 Å². The third-order valence-electron chi connectivity index (χ3n) is 4.54. The Balaban J connectivity index is 1.35. The molecule has 1 amide bonds. The Morgan fingerprint density at radius 1 is 1.00 bits per heavy atom. The first-order valence-corrected chi connectivity index (χ1v) is 10.7. The average Bonchev–Trinajstić information content (AvgIpc) is 3.17. The number of benzene rings is 3. The number of ether oxygens (including phenoxy) is 1. The van der Waals surface area contributed by atoms with E-state index in [0.29, 0.717) is 16.7 Å². The monoisotopic (exact) mass is 449 g/mol. The summed E-state index contributed by atoms with van der Waals surface area (Å²) in [6.07, 6.45) is 0. The summed E-state index contributed by atoms with van der Waals surface area (Å²) in [5.74, 6) is 6.47. The molecule has 7 nitrogen and oxygen atoms in total. The molecular weight excluding hydrogens is 429 g/mol. The number of nitrogens with zero attached hydrogens (tertiary/aromatic N) is 3. The third-order valence-corrected chi connectivity index (χ3v) is 5.48. The summed E-state index contributed by atoms with van der Waals surface area (Å²) in [4.78, 5) is 12.5. The molecule has 32 heavy (non-hydrogen) atoms. The van der Waals surface area contributed by atoms with E-state index in [-0.39, 0.29) is 24.1 Å². The molecule has 0 bridgehead atoms. The van der Waals surface area contributed by atoms with E-state index in [9.17, 15) is 9.18 Å². The van der Waals surface area contributed by atoms with Crippen LogP contribution < -0.4 is 15.9 Å². The topological polar surface area (TPSA) is 95.1 Å². The molecule has 0 aliphatic rings. The molecule has 4 rings (SSSR count). The first-order valence-electron chi connectivity index (χ1n) is 9.75. The van der Waals surface area contributed by atoms with Crippen molar-refractivity contribution < 1.29 is 13.9 Å². The molecule has 0 fully saturated rings. The van der Waals surface area contributed by atoms with E-state index in [0.717, 1.165) is 16.8 Å². The van der Waals surface area contributed by atoms with Crippen molar-refractivity contribution in [1.82, 2.24) is 14.9 Å². The van der Waals surface area contributed by atoms with E-state index < -0.39 is 0 Å². The van der Waals surface area contributed by atoms with Gasteiger partial charge in [0, 0.05) is 11.3 Å². The van der Waals surface area contributed by atoms with Crippen LogP contribution in [0.5, 0.6) is 5.75 Å². The molecular formula is C23H20FN5O2S. The van der Waals surface area contributed by atoms with E-state index in [4.69, 9.17) is 10.6 Å². The lowest BCUT2D eigenvalue weighted by Gasteiger charge is -2.11. The van der Waals surface area contributed by atoms with Gasteiger partial charge in [-0.05, 0) is 35.9 Å². The molecule has 0 unspecified atom stereocenters. The summed E-state index contributed by atoms with van der Waals surface area (Å²) in [5, 5.41) is 11.3. The fourth-order valence-electron chi connectivity index (χ4n) is 2.96. The van der Waals surface area contributed by atoms with E-state index >= 15 is 0 Å². The summed E-state index contributed by atoms with van der Waals surface area (Å²) in [7, 11) is 0. The van der Waals surface area contributed by atoms with Crippen LogP contribution >= 0.6 is 11.8 Å². The minimum Gasteiger partial charge on any atom is -0.486 e. The maximum absolute atomic E-state index is 13.0. The maximum Gasteiger partial charge on any atom is 0.234 e. The number of hydrogen-bond donors (Lipinski definition) is 2. The van der Waals surface area contributed by atoms with Crippen LogP contribution in [0.25, 0.3) is 11.1 Å². The van der Waals surface area contributed by atoms with Gasteiger partial charge in [-0.25, -0.2) is 9.07 Å². The number of hydrogen-bond acceptors (Lipinski definition) is 6. The molecule has 0 aliphatic heterocycles. The van der Waals surface area contributed by atoms with Crippen molar-refractivity contribution in [2.75, 3.05) is 16.9 Å². The quantitative estimate of drug-likeness (QED) is 0.311. The fourth-order valence-corrected chi connectivity index (χ4v) is 3.64. The van der Waals surface area contributed by atoms with E-state index in [2.05, 4.69) is 15.5 Å². The molecule has 4 aromatic rings. The Morgan fingerprint density at radius 2 is 1.72 bits per heavy atom. The fraction of sp³-hybridized carbons (Fsp3) is 0.0870. The smallest absolute Gasteiger partial charge is 0.234 e. The lowest BCUT2D eigenvalue weighted by atomic mass is 10.0. The van der Waals surface area contributed by atoms with Crippen LogP contribution in [0.2, 0.25) is 0 Å². The third kappa shape index (κ3) is 5.25. The Bertz CT molecular complexity index is 1200. The average molecular weight is 450 g/mol. The number of para-hydroxylation sites is 1. The maximum atomic E-state index is 13.0. The van der Waals surface area contributed by atoms with Crippen LogP contribution in [-0.2, 0) is 11.4 Å². The van der Waals surface area contributed by atoms with Crippen LogP contribution in [-0.4, -0.2) is 26.5 Å². The lowest BCUT2D eigenvalue weighted by molar-refractivity contribution is -0.113. The van der Waals surface area contributed by atoms with Crippen LogP contribution in [0, 0.1) is 5.82 Å². The van der Waals surface area contributed by atoms with Gasteiger partial charge in [0.25, 0.3) is 0 Å². The Labute approximate surface area is 188 Å². The molecule has 0 radical (unpaired) electrons. The van der Waals surface area contributed by atoms with Gasteiger partial charge in [-0.1, -0.05) is 60.3 Å². The van der Waals surface area contributed by atoms with Gasteiger partial charge in [0.15, 0.2) is 5.82 Å². The second-order valence-corrected chi connectivity index (χ2v) is 7.70. The SMILES string of the molecule is Nn1c(COc2ccc(F)cc2)nnc1SCC(=O)Nc1ccccc1-c1ccccc1. The normalized spacial score (nSPS) is 10.7. The molecule has 0 saturated carbocycles. The summed E-state index contributed by atoms with van der Waals surface area (Å²) >= 11 is 1.17. The van der Waals surface area contributed by atoms with Gasteiger partial charge in [-0.3, -0.25) is 4.79 Å². The van der Waals surface area contributed by atoms with Gasteiger partial charge in [0.1, 0.15) is 18.2 Å². The van der Waals surface area contributed by atoms with E-state index in [1.165, 1.54) is 40.7 Å². The van der Waals surface area contributed by atoms with Gasteiger partial charge in [-0.15, -0.1) is 10.2 Å². The highest BCUT2D eigenvalue weighted by molar-refractivity contribution is 7.99. The number of halogens is 1. The lowest BCUT2D eigenvalue weighted by Crippen LogP contribution is -2.18. The van der Waals surface area contributed by atoms with Crippen molar-refractivity contribution in [3.8, 4) is 16.9 Å². The number of nitrogens with two attached hydrogens (primary N) is 1. The van der Waals surface area contributed by atoms with Crippen molar-refractivity contribution in [3.05, 3.63) is 90.5 Å².